The molecule has 2 N–H and O–H groups in total. The predicted octanol–water partition coefficient (Wildman–Crippen LogP) is 3.99. The summed E-state index contributed by atoms with van der Waals surface area (Å²) in [6.45, 7) is 2.29. The number of aliphatic hydroxyl groups is 1. The molecule has 0 saturated heterocycles. The fraction of sp³-hybridized carbons (Fsp3) is 0.538. The molecule has 1 aromatic heterocycles. The maximum atomic E-state index is 13.4. The summed E-state index contributed by atoms with van der Waals surface area (Å²) in [6, 6.07) is 7.26. The molecule has 178 valence electrons. The average Bonchev–Trinajstić information content (AvgIpc) is 2.84. The van der Waals surface area contributed by atoms with E-state index in [0.717, 1.165) is 25.7 Å². The molecule has 0 spiro atoms. The van der Waals surface area contributed by atoms with Crippen molar-refractivity contribution in [1.29, 1.82) is 0 Å². The third kappa shape index (κ3) is 5.31. The Morgan fingerprint density at radius 2 is 2.00 bits per heavy atom. The molecule has 7 nitrogen and oxygen atoms in total. The van der Waals surface area contributed by atoms with Crippen molar-refractivity contribution in [1.82, 2.24) is 5.32 Å². The highest BCUT2D eigenvalue weighted by molar-refractivity contribution is 5.92. The van der Waals surface area contributed by atoms with Crippen LogP contribution in [0.1, 0.15) is 63.4 Å². The summed E-state index contributed by atoms with van der Waals surface area (Å²) >= 11 is 0. The third-order valence-corrected chi connectivity index (χ3v) is 6.64. The number of carbonyl (C=O) groups is 1. The molecule has 1 aliphatic carbocycles. The van der Waals surface area contributed by atoms with E-state index in [4.69, 9.17) is 13.9 Å². The number of hydrogen-bond donors (Lipinski definition) is 2. The van der Waals surface area contributed by atoms with Crippen LogP contribution in [0.15, 0.2) is 51.6 Å². The van der Waals surface area contributed by atoms with E-state index in [-0.39, 0.29) is 35.7 Å². The van der Waals surface area contributed by atoms with E-state index in [2.05, 4.69) is 5.32 Å². The topological polar surface area (TPSA) is 98.0 Å². The van der Waals surface area contributed by atoms with E-state index in [1.165, 1.54) is 12.7 Å². The summed E-state index contributed by atoms with van der Waals surface area (Å²) in [6.07, 6.45) is 8.97. The summed E-state index contributed by atoms with van der Waals surface area (Å²) < 4.78 is 17.7. The second-order valence-corrected chi connectivity index (χ2v) is 8.85. The Hall–Kier alpha value is -2.64. The first-order chi connectivity index (χ1) is 16.1. The molecule has 3 atom stereocenters. The van der Waals surface area contributed by atoms with Gasteiger partial charge in [0.2, 0.25) is 6.29 Å². The van der Waals surface area contributed by atoms with Crippen molar-refractivity contribution >= 4 is 16.9 Å². The monoisotopic (exact) mass is 455 g/mol. The molecule has 0 unspecified atom stereocenters. The molecular weight excluding hydrogens is 422 g/mol. The Balaban J connectivity index is 1.71. The molecule has 2 aromatic rings. The molecule has 2 aliphatic rings. The van der Waals surface area contributed by atoms with Gasteiger partial charge in [-0.25, -0.2) is 0 Å². The van der Waals surface area contributed by atoms with Gasteiger partial charge in [-0.2, -0.15) is 0 Å². The van der Waals surface area contributed by atoms with Gasteiger partial charge in [-0.3, -0.25) is 9.59 Å². The van der Waals surface area contributed by atoms with Crippen LogP contribution < -0.4 is 10.7 Å². The van der Waals surface area contributed by atoms with Gasteiger partial charge >= 0.3 is 0 Å². The average molecular weight is 456 g/mol. The molecule has 7 heteroatoms. The zero-order valence-electron chi connectivity index (χ0n) is 19.1. The van der Waals surface area contributed by atoms with Gasteiger partial charge in [0.25, 0.3) is 5.91 Å². The van der Waals surface area contributed by atoms with Crippen LogP contribution in [0.3, 0.4) is 0 Å². The molecule has 1 fully saturated rings. The van der Waals surface area contributed by atoms with Crippen molar-refractivity contribution in [2.75, 3.05) is 13.2 Å². The van der Waals surface area contributed by atoms with Crippen molar-refractivity contribution < 1.29 is 23.8 Å². The molecule has 1 aliphatic heterocycles. The van der Waals surface area contributed by atoms with E-state index < -0.39 is 12.2 Å². The van der Waals surface area contributed by atoms with Crippen molar-refractivity contribution in [3.8, 4) is 0 Å². The zero-order valence-corrected chi connectivity index (χ0v) is 19.1. The van der Waals surface area contributed by atoms with Gasteiger partial charge in [-0.05, 0) is 50.8 Å². The number of hydrogen-bond acceptors (Lipinski definition) is 6. The van der Waals surface area contributed by atoms with Gasteiger partial charge < -0.3 is 24.3 Å². The number of benzene rings is 1. The van der Waals surface area contributed by atoms with Gasteiger partial charge in [0.1, 0.15) is 5.58 Å². The Morgan fingerprint density at radius 3 is 2.76 bits per heavy atom. The number of carbonyl (C=O) groups excluding carboxylic acids is 1. The van der Waals surface area contributed by atoms with Crippen LogP contribution in [0.25, 0.3) is 11.0 Å². The highest BCUT2D eigenvalue weighted by Gasteiger charge is 2.39. The largest absolute Gasteiger partial charge is 0.464 e. The summed E-state index contributed by atoms with van der Waals surface area (Å²) in [7, 11) is 0. The standard InChI is InChI=1S/C26H33NO6/c1-2-31-26-18(12-8-14-28)20(21-16-32-22-13-7-6-11-19(22)24(21)29)15-23(33-26)25(30)27-17-9-4-3-5-10-17/h6-7,11,13,15-18,20,26,28H,2-5,8-10,12,14H2,1H3,(H,27,30)/t18-,20-,26+/m1/s1. The minimum Gasteiger partial charge on any atom is -0.464 e. The number of nitrogens with one attached hydrogen (secondary N) is 1. The molecule has 1 amide bonds. The first-order valence-corrected chi connectivity index (χ1v) is 12.0. The van der Waals surface area contributed by atoms with Gasteiger partial charge in [0.05, 0.1) is 11.6 Å². The van der Waals surface area contributed by atoms with E-state index in [1.807, 2.05) is 13.0 Å². The fourth-order valence-electron chi connectivity index (χ4n) is 4.95. The number of fused-ring (bicyclic) bond motifs is 1. The zero-order chi connectivity index (χ0) is 23.2. The van der Waals surface area contributed by atoms with Gasteiger partial charge in [0, 0.05) is 36.7 Å². The van der Waals surface area contributed by atoms with E-state index in [0.29, 0.717) is 36.0 Å². The van der Waals surface area contributed by atoms with Crippen molar-refractivity contribution in [2.24, 2.45) is 5.92 Å². The van der Waals surface area contributed by atoms with Crippen molar-refractivity contribution in [3.63, 3.8) is 0 Å². The Bertz CT molecular complexity index is 1040. The summed E-state index contributed by atoms with van der Waals surface area (Å²) in [4.78, 5) is 26.5. The maximum Gasteiger partial charge on any atom is 0.286 e. The summed E-state index contributed by atoms with van der Waals surface area (Å²) in [5.41, 5.74) is 0.856. The lowest BCUT2D eigenvalue weighted by Gasteiger charge is -2.37. The second-order valence-electron chi connectivity index (χ2n) is 8.85. The third-order valence-electron chi connectivity index (χ3n) is 6.64. The smallest absolute Gasteiger partial charge is 0.286 e. The van der Waals surface area contributed by atoms with E-state index in [1.54, 1.807) is 24.3 Å². The Labute approximate surface area is 193 Å². The lowest BCUT2D eigenvalue weighted by atomic mass is 9.81. The van der Waals surface area contributed by atoms with Crippen LogP contribution in [0.2, 0.25) is 0 Å². The number of amides is 1. The fourth-order valence-corrected chi connectivity index (χ4v) is 4.95. The van der Waals surface area contributed by atoms with E-state index >= 15 is 0 Å². The summed E-state index contributed by atoms with van der Waals surface area (Å²) in [5.74, 6) is -0.776. The highest BCUT2D eigenvalue weighted by Crippen LogP contribution is 2.39. The Morgan fingerprint density at radius 1 is 1.21 bits per heavy atom. The molecule has 0 radical (unpaired) electrons. The SMILES string of the molecule is CCO[C@H]1OC(C(=O)NC2CCCCC2)=C[C@@H](c2coc3ccccc3c2=O)[C@H]1CCCO. The van der Waals surface area contributed by atoms with Gasteiger partial charge in [0.15, 0.2) is 11.2 Å². The van der Waals surface area contributed by atoms with Gasteiger partial charge in [-0.15, -0.1) is 0 Å². The number of allylic oxidation sites excluding steroid dienone is 1. The van der Waals surface area contributed by atoms with Crippen LogP contribution in [0, 0.1) is 5.92 Å². The minimum absolute atomic E-state index is 0.0210. The van der Waals surface area contributed by atoms with Crippen LogP contribution in [-0.2, 0) is 14.3 Å². The molecule has 1 saturated carbocycles. The van der Waals surface area contributed by atoms with Crippen molar-refractivity contribution in [3.05, 3.63) is 58.2 Å². The first-order valence-electron chi connectivity index (χ1n) is 12.0. The van der Waals surface area contributed by atoms with Crippen LogP contribution >= 0.6 is 0 Å². The summed E-state index contributed by atoms with van der Waals surface area (Å²) in [5, 5.41) is 13.0. The molecule has 4 rings (SSSR count). The van der Waals surface area contributed by atoms with Crippen LogP contribution in [0.5, 0.6) is 0 Å². The lowest BCUT2D eigenvalue weighted by molar-refractivity contribution is -0.167. The molecular formula is C26H33NO6. The molecule has 2 heterocycles. The second kappa shape index (κ2) is 11.0. The van der Waals surface area contributed by atoms with Crippen LogP contribution in [-0.4, -0.2) is 36.6 Å². The highest BCUT2D eigenvalue weighted by atomic mass is 16.7. The van der Waals surface area contributed by atoms with Crippen molar-refractivity contribution in [2.45, 2.75) is 70.1 Å². The van der Waals surface area contributed by atoms with Gasteiger partial charge in [-0.1, -0.05) is 31.4 Å². The number of ether oxygens (including phenoxy) is 2. The quantitative estimate of drug-likeness (QED) is 0.625. The maximum absolute atomic E-state index is 13.4. The molecule has 1 aromatic carbocycles. The lowest BCUT2D eigenvalue weighted by Crippen LogP contribution is -2.42. The predicted molar refractivity (Wildman–Crippen MR) is 125 cm³/mol. The number of aliphatic hydroxyl groups excluding tert-OH is 1. The molecule has 0 bridgehead atoms. The molecule has 33 heavy (non-hydrogen) atoms. The first kappa shape index (κ1) is 23.5. The minimum atomic E-state index is -0.700. The Kier molecular flexibility index (Phi) is 7.83. The number of para-hydroxylation sites is 1. The van der Waals surface area contributed by atoms with Crippen LogP contribution in [0.4, 0.5) is 0 Å². The normalized spacial score (nSPS) is 23.7. The number of rotatable bonds is 8. The van der Waals surface area contributed by atoms with E-state index in [9.17, 15) is 14.7 Å².